The van der Waals surface area contributed by atoms with Crippen LogP contribution in [0.1, 0.15) is 13.3 Å². The van der Waals surface area contributed by atoms with Crippen LogP contribution >= 0.6 is 12.8 Å². The van der Waals surface area contributed by atoms with Crippen molar-refractivity contribution in [2.75, 3.05) is 0 Å². The van der Waals surface area contributed by atoms with Crippen molar-refractivity contribution in [3.05, 3.63) is 0 Å². The molecular weight excluding hydrogens is 108 g/mol. The van der Waals surface area contributed by atoms with E-state index in [1.807, 2.05) is 6.07 Å². The summed E-state index contributed by atoms with van der Waals surface area (Å²) in [6.07, 6.45) is 0.378. The Labute approximate surface area is 48.4 Å². The third-order valence-corrected chi connectivity index (χ3v) is 0.847. The average Bonchev–Trinajstić information content (AvgIpc) is 1.68. The van der Waals surface area contributed by atoms with Crippen LogP contribution in [0.4, 0.5) is 0 Å². The molecule has 0 aliphatic heterocycles. The highest BCUT2D eigenvalue weighted by molar-refractivity contribution is 7.79. The van der Waals surface area contributed by atoms with Crippen molar-refractivity contribution in [3.63, 3.8) is 0 Å². The molecule has 0 radical (unpaired) electrons. The van der Waals surface area contributed by atoms with Gasteiger partial charge < -0.3 is 0 Å². The van der Waals surface area contributed by atoms with Crippen LogP contribution in [-0.4, -0.2) is 5.71 Å². The van der Waals surface area contributed by atoms with Gasteiger partial charge in [-0.25, -0.2) is 4.40 Å². The Balaban J connectivity index is 3.43. The Hall–Kier alpha value is -0.490. The normalized spacial score (nSPS) is 10.7. The highest BCUT2D eigenvalue weighted by Crippen LogP contribution is 1.84. The van der Waals surface area contributed by atoms with E-state index in [0.717, 1.165) is 5.71 Å². The first-order chi connectivity index (χ1) is 3.31. The first-order valence-corrected chi connectivity index (χ1v) is 2.25. The van der Waals surface area contributed by atoms with Crippen LogP contribution in [-0.2, 0) is 0 Å². The Kier molecular flexibility index (Phi) is 3.43. The SMILES string of the molecule is CC(CC#N)=NS. The molecule has 0 saturated heterocycles. The van der Waals surface area contributed by atoms with E-state index >= 15 is 0 Å². The maximum Gasteiger partial charge on any atom is 0.0739 e. The largest absolute Gasteiger partial charge is 0.228 e. The van der Waals surface area contributed by atoms with Crippen molar-refractivity contribution in [3.8, 4) is 6.07 Å². The van der Waals surface area contributed by atoms with Gasteiger partial charge in [-0.05, 0) is 19.7 Å². The predicted molar refractivity (Wildman–Crippen MR) is 32.3 cm³/mol. The minimum absolute atomic E-state index is 0.378. The van der Waals surface area contributed by atoms with Crippen LogP contribution in [0.15, 0.2) is 4.40 Å². The molecule has 0 N–H and O–H groups in total. The standard InChI is InChI=1S/C4H6N2S/c1-4(6-7)2-3-5/h7H,2H2,1H3. The second kappa shape index (κ2) is 3.69. The lowest BCUT2D eigenvalue weighted by molar-refractivity contribution is 1.39. The van der Waals surface area contributed by atoms with Gasteiger partial charge in [0.05, 0.1) is 12.5 Å². The van der Waals surface area contributed by atoms with Crippen LogP contribution < -0.4 is 0 Å². The van der Waals surface area contributed by atoms with Crippen molar-refractivity contribution >= 4 is 18.5 Å². The lowest BCUT2D eigenvalue weighted by Gasteiger charge is -1.80. The number of hydrogen-bond acceptors (Lipinski definition) is 3. The van der Waals surface area contributed by atoms with Gasteiger partial charge in [-0.15, -0.1) is 0 Å². The molecule has 7 heavy (non-hydrogen) atoms. The van der Waals surface area contributed by atoms with Crippen LogP contribution in [0.5, 0.6) is 0 Å². The highest BCUT2D eigenvalue weighted by Gasteiger charge is 1.82. The van der Waals surface area contributed by atoms with Gasteiger partial charge in [0.2, 0.25) is 0 Å². The van der Waals surface area contributed by atoms with Gasteiger partial charge in [-0.1, -0.05) is 0 Å². The lowest BCUT2D eigenvalue weighted by atomic mass is 10.3. The molecule has 0 saturated carbocycles. The van der Waals surface area contributed by atoms with Gasteiger partial charge in [0.1, 0.15) is 0 Å². The van der Waals surface area contributed by atoms with E-state index in [1.165, 1.54) is 0 Å². The van der Waals surface area contributed by atoms with Crippen LogP contribution in [0, 0.1) is 11.3 Å². The Morgan fingerprint density at radius 3 is 2.71 bits per heavy atom. The quantitative estimate of drug-likeness (QED) is 0.403. The van der Waals surface area contributed by atoms with Crippen molar-refractivity contribution in [2.45, 2.75) is 13.3 Å². The molecule has 0 unspecified atom stereocenters. The van der Waals surface area contributed by atoms with E-state index in [9.17, 15) is 0 Å². The molecule has 2 nitrogen and oxygen atoms in total. The molecule has 38 valence electrons. The third kappa shape index (κ3) is 3.34. The number of rotatable bonds is 1. The third-order valence-electron chi connectivity index (χ3n) is 0.506. The Bertz CT molecular complexity index is 111. The maximum absolute atomic E-state index is 8.00. The number of nitriles is 1. The monoisotopic (exact) mass is 114 g/mol. The molecule has 0 rings (SSSR count). The second-order valence-electron chi connectivity index (χ2n) is 1.17. The van der Waals surface area contributed by atoms with Crippen molar-refractivity contribution in [2.24, 2.45) is 4.40 Å². The molecule has 0 aliphatic rings. The summed E-state index contributed by atoms with van der Waals surface area (Å²) >= 11 is 3.59. The summed E-state index contributed by atoms with van der Waals surface area (Å²) in [7, 11) is 0. The molecule has 0 bridgehead atoms. The van der Waals surface area contributed by atoms with Gasteiger partial charge >= 0.3 is 0 Å². The zero-order chi connectivity index (χ0) is 5.70. The first-order valence-electron chi connectivity index (χ1n) is 1.85. The molecule has 0 amide bonds. The molecule has 0 fully saturated rings. The smallest absolute Gasteiger partial charge is 0.0739 e. The molecule has 0 aliphatic carbocycles. The Morgan fingerprint density at radius 2 is 2.57 bits per heavy atom. The predicted octanol–water partition coefficient (Wildman–Crippen LogP) is 1.21. The van der Waals surface area contributed by atoms with E-state index in [0.29, 0.717) is 6.42 Å². The molecule has 0 heterocycles. The summed E-state index contributed by atoms with van der Waals surface area (Å²) < 4.78 is 3.47. The summed E-state index contributed by atoms with van der Waals surface area (Å²) in [4.78, 5) is 0. The summed E-state index contributed by atoms with van der Waals surface area (Å²) in [6, 6.07) is 1.94. The van der Waals surface area contributed by atoms with Gasteiger partial charge in [-0.2, -0.15) is 5.26 Å². The van der Waals surface area contributed by atoms with E-state index < -0.39 is 0 Å². The minimum Gasteiger partial charge on any atom is -0.228 e. The van der Waals surface area contributed by atoms with Crippen LogP contribution in [0.2, 0.25) is 0 Å². The Morgan fingerprint density at radius 1 is 2.00 bits per heavy atom. The summed E-state index contributed by atoms with van der Waals surface area (Å²) in [6.45, 7) is 1.76. The molecule has 0 atom stereocenters. The summed E-state index contributed by atoms with van der Waals surface area (Å²) in [5.41, 5.74) is 0.755. The number of thiol groups is 1. The lowest BCUT2D eigenvalue weighted by Crippen LogP contribution is -1.83. The topological polar surface area (TPSA) is 36.1 Å². The van der Waals surface area contributed by atoms with Gasteiger partial charge in [0, 0.05) is 5.71 Å². The van der Waals surface area contributed by atoms with Crippen LogP contribution in [0.3, 0.4) is 0 Å². The summed E-state index contributed by atoms with van der Waals surface area (Å²) in [5.74, 6) is 0. The minimum atomic E-state index is 0.378. The molecule has 0 spiro atoms. The van der Waals surface area contributed by atoms with E-state index in [2.05, 4.69) is 17.2 Å². The number of nitrogens with zero attached hydrogens (tertiary/aromatic N) is 2. The fraction of sp³-hybridized carbons (Fsp3) is 0.500. The van der Waals surface area contributed by atoms with Gasteiger partial charge in [0.15, 0.2) is 0 Å². The first kappa shape index (κ1) is 6.51. The molecule has 0 aromatic heterocycles. The molecular formula is C4H6N2S. The second-order valence-corrected chi connectivity index (χ2v) is 1.37. The van der Waals surface area contributed by atoms with Gasteiger partial charge in [0.25, 0.3) is 0 Å². The summed E-state index contributed by atoms with van der Waals surface area (Å²) in [5, 5.41) is 8.00. The number of hydrogen-bond donors (Lipinski definition) is 1. The molecule has 3 heteroatoms. The fourth-order valence-corrected chi connectivity index (χ4v) is 0.220. The average molecular weight is 114 g/mol. The molecule has 0 aromatic rings. The van der Waals surface area contributed by atoms with Crippen molar-refractivity contribution in [1.82, 2.24) is 0 Å². The van der Waals surface area contributed by atoms with Crippen molar-refractivity contribution < 1.29 is 0 Å². The van der Waals surface area contributed by atoms with E-state index in [-0.39, 0.29) is 0 Å². The maximum atomic E-state index is 8.00. The zero-order valence-corrected chi connectivity index (χ0v) is 4.94. The van der Waals surface area contributed by atoms with Gasteiger partial charge in [-0.3, -0.25) is 0 Å². The molecule has 0 aromatic carbocycles. The van der Waals surface area contributed by atoms with E-state index in [4.69, 9.17) is 5.26 Å². The van der Waals surface area contributed by atoms with Crippen LogP contribution in [0.25, 0.3) is 0 Å². The zero-order valence-electron chi connectivity index (χ0n) is 4.05. The fourth-order valence-electron chi connectivity index (χ4n) is 0.150. The highest BCUT2D eigenvalue weighted by atomic mass is 32.1. The van der Waals surface area contributed by atoms with Crippen molar-refractivity contribution in [1.29, 1.82) is 5.26 Å². The van der Waals surface area contributed by atoms with E-state index in [1.54, 1.807) is 6.92 Å².